The molecule has 1 aliphatic rings. The van der Waals surface area contributed by atoms with Crippen molar-refractivity contribution in [1.82, 2.24) is 9.97 Å². The second-order valence-corrected chi connectivity index (χ2v) is 8.30. The number of nitrogens with zero attached hydrogens (tertiary/aromatic N) is 2. The first-order valence-corrected chi connectivity index (χ1v) is 8.97. The fourth-order valence-electron chi connectivity index (χ4n) is 3.21. The van der Waals surface area contributed by atoms with Gasteiger partial charge in [-0.05, 0) is 47.9 Å². The molecule has 0 bridgehead atoms. The van der Waals surface area contributed by atoms with Gasteiger partial charge in [0.25, 0.3) is 0 Å². The molecule has 2 heterocycles. The Morgan fingerprint density at radius 3 is 2.57 bits per heavy atom. The third kappa shape index (κ3) is 2.61. The van der Waals surface area contributed by atoms with E-state index in [9.17, 15) is 0 Å². The number of benzene rings is 1. The molecule has 0 radical (unpaired) electrons. The van der Waals surface area contributed by atoms with E-state index in [0.29, 0.717) is 0 Å². The van der Waals surface area contributed by atoms with Crippen LogP contribution >= 0.6 is 11.3 Å². The van der Waals surface area contributed by atoms with Crippen molar-refractivity contribution in [3.05, 3.63) is 46.6 Å². The lowest BCUT2D eigenvalue weighted by atomic mass is 9.87. The summed E-state index contributed by atoms with van der Waals surface area (Å²) in [7, 11) is 0. The lowest BCUT2D eigenvalue weighted by molar-refractivity contribution is 0.590. The number of rotatable bonds is 2. The standard InChI is InChI=1S/C19H21N3S/c1-19(2,3)12-7-9-13(10-8-12)22-17-16-14-5-4-6-15(14)23-18(16)21-11-20-17/h7-11H,4-6H2,1-3H3,(H,20,21,22). The van der Waals surface area contributed by atoms with Crippen molar-refractivity contribution in [2.45, 2.75) is 45.4 Å². The van der Waals surface area contributed by atoms with Crippen LogP contribution in [0, 0.1) is 0 Å². The zero-order valence-electron chi connectivity index (χ0n) is 13.8. The molecule has 2 aromatic heterocycles. The predicted molar refractivity (Wildman–Crippen MR) is 97.9 cm³/mol. The molecule has 0 atom stereocenters. The highest BCUT2D eigenvalue weighted by atomic mass is 32.1. The zero-order chi connectivity index (χ0) is 16.0. The third-order valence-corrected chi connectivity index (χ3v) is 5.71. The van der Waals surface area contributed by atoms with Crippen LogP contribution in [0.2, 0.25) is 0 Å². The average Bonchev–Trinajstić information content (AvgIpc) is 3.07. The first-order valence-electron chi connectivity index (χ1n) is 8.15. The SMILES string of the molecule is CC(C)(C)c1ccc(Nc2ncnc3sc4c(c23)CCC4)cc1. The minimum absolute atomic E-state index is 0.175. The fraction of sp³-hybridized carbons (Fsp3) is 0.368. The van der Waals surface area contributed by atoms with Crippen molar-refractivity contribution < 1.29 is 0 Å². The zero-order valence-corrected chi connectivity index (χ0v) is 14.6. The normalized spacial score (nSPS) is 14.2. The van der Waals surface area contributed by atoms with Gasteiger partial charge in [-0.25, -0.2) is 9.97 Å². The maximum Gasteiger partial charge on any atom is 0.142 e. The van der Waals surface area contributed by atoms with E-state index in [2.05, 4.69) is 60.3 Å². The minimum atomic E-state index is 0.175. The number of anilines is 2. The number of hydrogen-bond acceptors (Lipinski definition) is 4. The third-order valence-electron chi connectivity index (χ3n) is 4.52. The second-order valence-electron chi connectivity index (χ2n) is 7.21. The molecule has 0 saturated carbocycles. The molecule has 118 valence electrons. The van der Waals surface area contributed by atoms with Gasteiger partial charge in [-0.3, -0.25) is 0 Å². The molecule has 0 unspecified atom stereocenters. The van der Waals surface area contributed by atoms with Gasteiger partial charge >= 0.3 is 0 Å². The van der Waals surface area contributed by atoms with Gasteiger partial charge in [0.1, 0.15) is 17.0 Å². The molecule has 0 fully saturated rings. The van der Waals surface area contributed by atoms with E-state index in [-0.39, 0.29) is 5.41 Å². The molecule has 4 rings (SSSR count). The summed E-state index contributed by atoms with van der Waals surface area (Å²) in [5, 5.41) is 4.72. The molecule has 1 aromatic carbocycles. The summed E-state index contributed by atoms with van der Waals surface area (Å²) in [5.74, 6) is 0.943. The van der Waals surface area contributed by atoms with Gasteiger partial charge in [-0.1, -0.05) is 32.9 Å². The molecule has 4 heteroatoms. The Balaban J connectivity index is 1.70. The Kier molecular flexibility index (Phi) is 3.38. The highest BCUT2D eigenvalue weighted by Gasteiger charge is 2.21. The van der Waals surface area contributed by atoms with Crippen LogP contribution in [0.4, 0.5) is 11.5 Å². The van der Waals surface area contributed by atoms with E-state index in [4.69, 9.17) is 0 Å². The maximum atomic E-state index is 4.51. The lowest BCUT2D eigenvalue weighted by Crippen LogP contribution is -2.10. The van der Waals surface area contributed by atoms with Crippen molar-refractivity contribution in [3.63, 3.8) is 0 Å². The van der Waals surface area contributed by atoms with Crippen LogP contribution in [0.25, 0.3) is 10.2 Å². The Morgan fingerprint density at radius 1 is 1.04 bits per heavy atom. The van der Waals surface area contributed by atoms with Gasteiger partial charge in [0.15, 0.2) is 0 Å². The van der Waals surface area contributed by atoms with Crippen LogP contribution in [0.15, 0.2) is 30.6 Å². The van der Waals surface area contributed by atoms with Crippen LogP contribution in [0.5, 0.6) is 0 Å². The highest BCUT2D eigenvalue weighted by Crippen LogP contribution is 2.39. The van der Waals surface area contributed by atoms with E-state index >= 15 is 0 Å². The van der Waals surface area contributed by atoms with Crippen molar-refractivity contribution >= 4 is 33.1 Å². The molecule has 3 aromatic rings. The summed E-state index contributed by atoms with van der Waals surface area (Å²) in [6.07, 6.45) is 5.27. The number of thiophene rings is 1. The van der Waals surface area contributed by atoms with Crippen LogP contribution in [-0.4, -0.2) is 9.97 Å². The van der Waals surface area contributed by atoms with E-state index in [1.165, 1.54) is 34.2 Å². The molecule has 0 saturated heterocycles. The van der Waals surface area contributed by atoms with E-state index in [1.54, 1.807) is 6.33 Å². The maximum absolute atomic E-state index is 4.51. The fourth-order valence-corrected chi connectivity index (χ4v) is 4.44. The molecular formula is C19H21N3S. The number of hydrogen-bond donors (Lipinski definition) is 1. The van der Waals surface area contributed by atoms with Crippen LogP contribution in [0.3, 0.4) is 0 Å². The Labute approximate surface area is 140 Å². The van der Waals surface area contributed by atoms with Crippen molar-refractivity contribution in [2.75, 3.05) is 5.32 Å². The number of nitrogens with one attached hydrogen (secondary N) is 1. The predicted octanol–water partition coefficient (Wildman–Crippen LogP) is 5.22. The van der Waals surface area contributed by atoms with Crippen molar-refractivity contribution in [2.24, 2.45) is 0 Å². The largest absolute Gasteiger partial charge is 0.340 e. The topological polar surface area (TPSA) is 37.8 Å². The molecule has 0 amide bonds. The van der Waals surface area contributed by atoms with Gasteiger partial charge in [0.05, 0.1) is 5.39 Å². The summed E-state index contributed by atoms with van der Waals surface area (Å²) >= 11 is 1.83. The first-order chi connectivity index (χ1) is 11.0. The van der Waals surface area contributed by atoms with E-state index in [0.717, 1.165) is 22.8 Å². The Hall–Kier alpha value is -1.94. The average molecular weight is 323 g/mol. The van der Waals surface area contributed by atoms with Gasteiger partial charge in [-0.2, -0.15) is 0 Å². The number of aromatic nitrogens is 2. The monoisotopic (exact) mass is 323 g/mol. The Bertz CT molecular complexity index is 857. The molecular weight excluding hydrogens is 302 g/mol. The lowest BCUT2D eigenvalue weighted by Gasteiger charge is -2.19. The summed E-state index contributed by atoms with van der Waals surface area (Å²) in [5.41, 5.74) is 4.05. The van der Waals surface area contributed by atoms with Crippen LogP contribution in [-0.2, 0) is 18.3 Å². The highest BCUT2D eigenvalue weighted by molar-refractivity contribution is 7.19. The molecule has 1 N–H and O–H groups in total. The van der Waals surface area contributed by atoms with Gasteiger partial charge in [0, 0.05) is 10.6 Å². The molecule has 1 aliphatic carbocycles. The van der Waals surface area contributed by atoms with Gasteiger partial charge < -0.3 is 5.32 Å². The second kappa shape index (κ2) is 5.31. The van der Waals surface area contributed by atoms with Crippen LogP contribution < -0.4 is 5.32 Å². The van der Waals surface area contributed by atoms with Crippen molar-refractivity contribution in [3.8, 4) is 0 Å². The Morgan fingerprint density at radius 2 is 1.83 bits per heavy atom. The summed E-state index contributed by atoms with van der Waals surface area (Å²) in [6, 6.07) is 8.67. The number of fused-ring (bicyclic) bond motifs is 3. The molecule has 0 aliphatic heterocycles. The summed E-state index contributed by atoms with van der Waals surface area (Å²) in [6.45, 7) is 6.70. The summed E-state index contributed by atoms with van der Waals surface area (Å²) in [4.78, 5) is 11.6. The van der Waals surface area contributed by atoms with E-state index in [1.807, 2.05) is 11.3 Å². The minimum Gasteiger partial charge on any atom is -0.340 e. The van der Waals surface area contributed by atoms with E-state index < -0.39 is 0 Å². The van der Waals surface area contributed by atoms with Crippen molar-refractivity contribution in [1.29, 1.82) is 0 Å². The molecule has 23 heavy (non-hydrogen) atoms. The molecule has 3 nitrogen and oxygen atoms in total. The smallest absolute Gasteiger partial charge is 0.142 e. The first kappa shape index (κ1) is 14.6. The van der Waals surface area contributed by atoms with Gasteiger partial charge in [-0.15, -0.1) is 11.3 Å². The molecule has 0 spiro atoms. The van der Waals surface area contributed by atoms with Crippen LogP contribution in [0.1, 0.15) is 43.2 Å². The summed E-state index contributed by atoms with van der Waals surface area (Å²) < 4.78 is 0. The quantitative estimate of drug-likeness (QED) is 0.702. The number of aryl methyl sites for hydroxylation is 2. The van der Waals surface area contributed by atoms with Gasteiger partial charge in [0.2, 0.25) is 0 Å².